The van der Waals surface area contributed by atoms with Gasteiger partial charge in [-0.05, 0) is 6.07 Å². The lowest BCUT2D eigenvalue weighted by atomic mass is 10.2. The van der Waals surface area contributed by atoms with Gasteiger partial charge in [0.2, 0.25) is 0 Å². The minimum Gasteiger partial charge on any atom is -0.422 e. The van der Waals surface area contributed by atoms with Gasteiger partial charge in [-0.15, -0.1) is 0 Å². The summed E-state index contributed by atoms with van der Waals surface area (Å²) < 4.78 is 27.9. The Bertz CT molecular complexity index is 410. The highest BCUT2D eigenvalue weighted by atomic mass is 79.9. The van der Waals surface area contributed by atoms with Gasteiger partial charge in [-0.3, -0.25) is 4.52 Å². The normalized spacial score (nSPS) is 23.6. The summed E-state index contributed by atoms with van der Waals surface area (Å²) in [5.41, 5.74) is 0.912. The minimum absolute atomic E-state index is 0.00701. The second-order valence-electron chi connectivity index (χ2n) is 3.31. The molecule has 0 saturated heterocycles. The molecule has 0 bridgehead atoms. The predicted octanol–water partition coefficient (Wildman–Crippen LogP) is 3.16. The van der Waals surface area contributed by atoms with E-state index in [1.165, 1.54) is 0 Å². The van der Waals surface area contributed by atoms with Crippen LogP contribution in [0, 0.1) is 0 Å². The molecule has 0 spiro atoms. The summed E-state index contributed by atoms with van der Waals surface area (Å²) >= 11 is 3.22. The van der Waals surface area contributed by atoms with E-state index in [0.717, 1.165) is 5.56 Å². The van der Waals surface area contributed by atoms with Crippen molar-refractivity contribution in [1.82, 2.24) is 0 Å². The van der Waals surface area contributed by atoms with Crippen molar-refractivity contribution >= 4 is 23.5 Å². The largest absolute Gasteiger partial charge is 0.422 e. The smallest absolute Gasteiger partial charge is 0.405 e. The van der Waals surface area contributed by atoms with Crippen molar-refractivity contribution in [3.8, 4) is 5.75 Å². The van der Waals surface area contributed by atoms with Gasteiger partial charge in [0.25, 0.3) is 0 Å². The quantitative estimate of drug-likeness (QED) is 0.487. The monoisotopic (exact) mass is 306 g/mol. The van der Waals surface area contributed by atoms with Gasteiger partial charge in [0, 0.05) is 10.9 Å². The summed E-state index contributed by atoms with van der Waals surface area (Å²) in [4.78, 5) is 0. The third-order valence-electron chi connectivity index (χ3n) is 2.10. The second-order valence-corrected chi connectivity index (χ2v) is 6.02. The van der Waals surface area contributed by atoms with Crippen LogP contribution in [0.15, 0.2) is 24.3 Å². The zero-order chi connectivity index (χ0) is 11.4. The molecule has 0 fully saturated rings. The summed E-state index contributed by atoms with van der Waals surface area (Å²) in [5.74, 6) is 0.625. The molecule has 1 heterocycles. The van der Waals surface area contributed by atoms with E-state index in [2.05, 4.69) is 15.9 Å². The first-order valence-corrected chi connectivity index (χ1v) is 7.73. The van der Waals surface area contributed by atoms with Crippen molar-refractivity contribution in [2.75, 3.05) is 18.3 Å². The number of ether oxygens (including phenoxy) is 1. The summed E-state index contributed by atoms with van der Waals surface area (Å²) in [5, 5.41) is 0.698. The highest BCUT2D eigenvalue weighted by Gasteiger charge is 2.31. The molecule has 88 valence electrons. The lowest BCUT2D eigenvalue weighted by Crippen LogP contribution is -2.12. The number of benzene rings is 1. The fourth-order valence-corrected chi connectivity index (χ4v) is 2.93. The van der Waals surface area contributed by atoms with Gasteiger partial charge in [0.15, 0.2) is 6.35 Å². The number of hydrogen-bond acceptors (Lipinski definition) is 4. The van der Waals surface area contributed by atoms with Crippen LogP contribution >= 0.6 is 23.5 Å². The molecule has 0 aliphatic carbocycles. The topological polar surface area (TPSA) is 44.8 Å². The lowest BCUT2D eigenvalue weighted by molar-refractivity contribution is 0.150. The van der Waals surface area contributed by atoms with Crippen molar-refractivity contribution in [3.05, 3.63) is 29.8 Å². The Morgan fingerprint density at radius 2 is 2.25 bits per heavy atom. The van der Waals surface area contributed by atoms with Gasteiger partial charge >= 0.3 is 7.60 Å². The van der Waals surface area contributed by atoms with Crippen molar-refractivity contribution < 1.29 is 18.3 Å². The highest BCUT2D eigenvalue weighted by Crippen LogP contribution is 2.53. The second kappa shape index (κ2) is 5.32. The van der Waals surface area contributed by atoms with Gasteiger partial charge in [-0.1, -0.05) is 34.1 Å². The maximum absolute atomic E-state index is 12.1. The van der Waals surface area contributed by atoms with Crippen LogP contribution in [0.5, 0.6) is 5.75 Å². The molecular formula is C10H12BrO4P. The van der Waals surface area contributed by atoms with Crippen molar-refractivity contribution in [1.29, 1.82) is 0 Å². The maximum atomic E-state index is 12.1. The average Bonchev–Trinajstić information content (AvgIpc) is 2.29. The van der Waals surface area contributed by atoms with Crippen LogP contribution < -0.4 is 4.52 Å². The molecule has 1 aromatic rings. The van der Waals surface area contributed by atoms with Crippen LogP contribution in [0.3, 0.4) is 0 Å². The van der Waals surface area contributed by atoms with Gasteiger partial charge < -0.3 is 9.26 Å². The van der Waals surface area contributed by atoms with Crippen LogP contribution in [0.1, 0.15) is 5.56 Å². The van der Waals surface area contributed by atoms with Gasteiger partial charge in [-0.25, -0.2) is 4.57 Å². The van der Waals surface area contributed by atoms with Crippen molar-refractivity contribution in [2.24, 2.45) is 0 Å². The predicted molar refractivity (Wildman–Crippen MR) is 64.1 cm³/mol. The Balaban J connectivity index is 2.03. The molecule has 1 aliphatic rings. The molecule has 16 heavy (non-hydrogen) atoms. The molecule has 4 nitrogen and oxygen atoms in total. The Kier molecular flexibility index (Phi) is 4.03. The molecule has 0 amide bonds. The van der Waals surface area contributed by atoms with E-state index in [1.807, 2.05) is 18.2 Å². The highest BCUT2D eigenvalue weighted by molar-refractivity contribution is 9.09. The van der Waals surface area contributed by atoms with Crippen molar-refractivity contribution in [3.63, 3.8) is 0 Å². The average molecular weight is 307 g/mol. The Morgan fingerprint density at radius 1 is 1.44 bits per heavy atom. The molecule has 1 atom stereocenters. The third-order valence-corrected chi connectivity index (χ3v) is 3.92. The summed E-state index contributed by atoms with van der Waals surface area (Å²) in [6.45, 7) is 0.795. The summed E-state index contributed by atoms with van der Waals surface area (Å²) in [6, 6.07) is 7.41. The van der Waals surface area contributed by atoms with Crippen LogP contribution in [0.4, 0.5) is 0 Å². The molecule has 0 radical (unpaired) electrons. The molecule has 6 heteroatoms. The van der Waals surface area contributed by atoms with Gasteiger partial charge in [0.05, 0.1) is 13.2 Å². The minimum atomic E-state index is -3.12. The molecule has 0 N–H and O–H groups in total. The summed E-state index contributed by atoms with van der Waals surface area (Å²) in [6.07, 6.45) is -0.00701. The lowest BCUT2D eigenvalue weighted by Gasteiger charge is -2.25. The molecule has 1 aromatic carbocycles. The fraction of sp³-hybridized carbons (Fsp3) is 0.400. The number of halogens is 1. The Labute approximate surface area is 103 Å². The van der Waals surface area contributed by atoms with Crippen LogP contribution in [0.2, 0.25) is 0 Å². The third kappa shape index (κ3) is 2.86. The molecule has 2 rings (SSSR count). The SMILES string of the molecule is O=P1(COCCBr)OCc2ccccc2O1. The van der Waals surface area contributed by atoms with E-state index in [0.29, 0.717) is 24.3 Å². The number of fused-ring (bicyclic) bond motifs is 1. The Hall–Kier alpha value is -0.350. The van der Waals surface area contributed by atoms with E-state index in [-0.39, 0.29) is 6.35 Å². The zero-order valence-corrected chi connectivity index (χ0v) is 11.1. The van der Waals surface area contributed by atoms with E-state index < -0.39 is 7.60 Å². The van der Waals surface area contributed by atoms with Gasteiger partial charge in [0.1, 0.15) is 5.75 Å². The molecule has 0 saturated carbocycles. The standard InChI is InChI=1S/C10H12BrO4P/c11-5-6-13-8-16(12)14-7-9-3-1-2-4-10(9)15-16/h1-4H,5-8H2. The summed E-state index contributed by atoms with van der Waals surface area (Å²) in [7, 11) is -3.12. The fourth-order valence-electron chi connectivity index (χ4n) is 1.35. The number of rotatable bonds is 4. The van der Waals surface area contributed by atoms with E-state index in [4.69, 9.17) is 13.8 Å². The van der Waals surface area contributed by atoms with Crippen molar-refractivity contribution in [2.45, 2.75) is 6.61 Å². The number of hydrogen-bond donors (Lipinski definition) is 0. The van der Waals surface area contributed by atoms with E-state index in [9.17, 15) is 4.57 Å². The first-order chi connectivity index (χ1) is 7.73. The van der Waals surface area contributed by atoms with E-state index in [1.54, 1.807) is 6.07 Å². The molecular weight excluding hydrogens is 295 g/mol. The molecule has 1 aliphatic heterocycles. The van der Waals surface area contributed by atoms with Crippen LogP contribution in [0.25, 0.3) is 0 Å². The zero-order valence-electron chi connectivity index (χ0n) is 8.60. The number of para-hydroxylation sites is 1. The van der Waals surface area contributed by atoms with Gasteiger partial charge in [-0.2, -0.15) is 0 Å². The molecule has 0 aromatic heterocycles. The number of alkyl halides is 1. The van der Waals surface area contributed by atoms with Crippen LogP contribution in [-0.2, 0) is 20.4 Å². The van der Waals surface area contributed by atoms with E-state index >= 15 is 0 Å². The Morgan fingerprint density at radius 3 is 3.06 bits per heavy atom. The van der Waals surface area contributed by atoms with Crippen LogP contribution in [-0.4, -0.2) is 18.3 Å². The molecule has 1 unspecified atom stereocenters. The maximum Gasteiger partial charge on any atom is 0.405 e. The first-order valence-electron chi connectivity index (χ1n) is 4.88. The first kappa shape index (κ1) is 12.1.